The second kappa shape index (κ2) is 6.65. The molecule has 2 N–H and O–H groups in total. The number of fused-ring (bicyclic) bond motifs is 2. The normalized spacial score (nSPS) is 16.2. The molecule has 2 heterocycles. The molecule has 0 saturated heterocycles. The Balaban J connectivity index is 1.47. The molecule has 1 atom stereocenters. The van der Waals surface area contributed by atoms with Crippen molar-refractivity contribution in [3.8, 4) is 0 Å². The van der Waals surface area contributed by atoms with Crippen LogP contribution in [0, 0.1) is 11.6 Å². The van der Waals surface area contributed by atoms with E-state index in [9.17, 15) is 18.4 Å². The van der Waals surface area contributed by atoms with Crippen LogP contribution in [-0.2, 0) is 9.59 Å². The van der Waals surface area contributed by atoms with E-state index in [1.165, 1.54) is 11.8 Å². The molecular formula is C17H11F2N3O2S2. The standard InChI is InChI=1S/C17H11F2N3O2S2/c18-8-5-11-13(6-9(8)19)26-17(21-11)22-15(23)7-14-16(24)20-10-3-1-2-4-12(10)25-14/h1-6,14H,7H2,(H,20,24)(H,21,22,23). The Morgan fingerprint density at radius 1 is 1.23 bits per heavy atom. The van der Waals surface area contributed by atoms with E-state index in [-0.39, 0.29) is 23.0 Å². The van der Waals surface area contributed by atoms with Crippen molar-refractivity contribution in [1.82, 2.24) is 4.98 Å². The number of halogens is 2. The van der Waals surface area contributed by atoms with Gasteiger partial charge in [-0.05, 0) is 18.2 Å². The molecule has 1 aliphatic heterocycles. The van der Waals surface area contributed by atoms with Gasteiger partial charge >= 0.3 is 0 Å². The number of nitrogens with one attached hydrogen (secondary N) is 2. The van der Waals surface area contributed by atoms with E-state index in [2.05, 4.69) is 15.6 Å². The summed E-state index contributed by atoms with van der Waals surface area (Å²) in [6.07, 6.45) is -0.0382. The van der Waals surface area contributed by atoms with Gasteiger partial charge in [0.05, 0.1) is 21.2 Å². The average molecular weight is 391 g/mol. The van der Waals surface area contributed by atoms with E-state index in [0.717, 1.165) is 34.1 Å². The summed E-state index contributed by atoms with van der Waals surface area (Å²) in [7, 11) is 0. The number of nitrogens with zero attached hydrogens (tertiary/aromatic N) is 1. The maximum absolute atomic E-state index is 13.3. The maximum atomic E-state index is 13.3. The number of rotatable bonds is 3. The number of aromatic nitrogens is 1. The van der Waals surface area contributed by atoms with Crippen LogP contribution in [0.4, 0.5) is 19.6 Å². The lowest BCUT2D eigenvalue weighted by molar-refractivity contribution is -0.120. The van der Waals surface area contributed by atoms with E-state index in [1.54, 1.807) is 6.07 Å². The van der Waals surface area contributed by atoms with Crippen LogP contribution in [0.1, 0.15) is 6.42 Å². The fourth-order valence-electron chi connectivity index (χ4n) is 2.54. The van der Waals surface area contributed by atoms with Gasteiger partial charge in [-0.2, -0.15) is 0 Å². The summed E-state index contributed by atoms with van der Waals surface area (Å²) < 4.78 is 26.9. The number of hydrogen-bond donors (Lipinski definition) is 2. The number of hydrogen-bond acceptors (Lipinski definition) is 5. The maximum Gasteiger partial charge on any atom is 0.238 e. The fraction of sp³-hybridized carbons (Fsp3) is 0.118. The summed E-state index contributed by atoms with van der Waals surface area (Å²) in [5, 5.41) is 5.04. The molecule has 26 heavy (non-hydrogen) atoms. The summed E-state index contributed by atoms with van der Waals surface area (Å²) in [6.45, 7) is 0. The molecule has 9 heteroatoms. The second-order valence-electron chi connectivity index (χ2n) is 5.60. The third-order valence-electron chi connectivity index (χ3n) is 3.75. The number of anilines is 2. The Bertz CT molecular complexity index is 999. The molecule has 1 unspecified atom stereocenters. The molecule has 0 fully saturated rings. The predicted octanol–water partition coefficient (Wildman–Crippen LogP) is 4.02. The van der Waals surface area contributed by atoms with Gasteiger partial charge in [0, 0.05) is 17.4 Å². The van der Waals surface area contributed by atoms with E-state index < -0.39 is 22.8 Å². The predicted molar refractivity (Wildman–Crippen MR) is 97.5 cm³/mol. The van der Waals surface area contributed by atoms with Crippen molar-refractivity contribution in [1.29, 1.82) is 0 Å². The highest BCUT2D eigenvalue weighted by Gasteiger charge is 2.29. The summed E-state index contributed by atoms with van der Waals surface area (Å²) in [4.78, 5) is 29.4. The second-order valence-corrected chi connectivity index (χ2v) is 7.87. The Morgan fingerprint density at radius 3 is 2.85 bits per heavy atom. The zero-order chi connectivity index (χ0) is 18.3. The molecule has 4 rings (SSSR count). The molecule has 0 saturated carbocycles. The average Bonchev–Trinajstić information content (AvgIpc) is 2.96. The van der Waals surface area contributed by atoms with Crippen LogP contribution in [0.3, 0.4) is 0 Å². The SMILES string of the molecule is O=C(CC1Sc2ccccc2NC1=O)Nc1nc2cc(F)c(F)cc2s1. The summed E-state index contributed by atoms with van der Waals surface area (Å²) in [6, 6.07) is 9.39. The first-order chi connectivity index (χ1) is 12.5. The summed E-state index contributed by atoms with van der Waals surface area (Å²) in [5.74, 6) is -2.59. The number of para-hydroxylation sites is 1. The molecule has 2 amide bonds. The Labute approximate surface area is 154 Å². The van der Waals surface area contributed by atoms with E-state index in [0.29, 0.717) is 4.70 Å². The van der Waals surface area contributed by atoms with Gasteiger partial charge in [-0.15, -0.1) is 11.8 Å². The zero-order valence-electron chi connectivity index (χ0n) is 13.1. The molecule has 132 valence electrons. The van der Waals surface area contributed by atoms with Crippen LogP contribution in [0.25, 0.3) is 10.2 Å². The molecule has 1 aromatic heterocycles. The Kier molecular flexibility index (Phi) is 4.33. The third kappa shape index (κ3) is 3.27. The van der Waals surface area contributed by atoms with Crippen molar-refractivity contribution in [2.24, 2.45) is 0 Å². The number of carbonyl (C=O) groups excluding carboxylic acids is 2. The molecule has 2 aromatic carbocycles. The minimum absolute atomic E-state index is 0.0382. The van der Waals surface area contributed by atoms with Gasteiger partial charge in [0.25, 0.3) is 0 Å². The van der Waals surface area contributed by atoms with Crippen molar-refractivity contribution in [3.05, 3.63) is 48.0 Å². The van der Waals surface area contributed by atoms with Crippen molar-refractivity contribution in [3.63, 3.8) is 0 Å². The molecular weight excluding hydrogens is 380 g/mol. The largest absolute Gasteiger partial charge is 0.324 e. The van der Waals surface area contributed by atoms with Crippen LogP contribution < -0.4 is 10.6 Å². The lowest BCUT2D eigenvalue weighted by Gasteiger charge is -2.23. The highest BCUT2D eigenvalue weighted by atomic mass is 32.2. The number of carbonyl (C=O) groups is 2. The van der Waals surface area contributed by atoms with Crippen LogP contribution in [-0.4, -0.2) is 22.0 Å². The van der Waals surface area contributed by atoms with Gasteiger partial charge in [0.2, 0.25) is 11.8 Å². The molecule has 0 radical (unpaired) electrons. The van der Waals surface area contributed by atoms with Gasteiger partial charge in [-0.25, -0.2) is 13.8 Å². The Hall–Kier alpha value is -2.52. The van der Waals surface area contributed by atoms with Crippen molar-refractivity contribution >= 4 is 55.9 Å². The van der Waals surface area contributed by atoms with Crippen LogP contribution in [0.2, 0.25) is 0 Å². The molecule has 3 aromatic rings. The molecule has 0 bridgehead atoms. The van der Waals surface area contributed by atoms with Crippen molar-refractivity contribution in [2.75, 3.05) is 10.6 Å². The van der Waals surface area contributed by atoms with Gasteiger partial charge in [0.1, 0.15) is 0 Å². The number of thiazole rings is 1. The highest BCUT2D eigenvalue weighted by molar-refractivity contribution is 8.01. The monoisotopic (exact) mass is 391 g/mol. The fourth-order valence-corrected chi connectivity index (χ4v) is 4.54. The van der Waals surface area contributed by atoms with E-state index >= 15 is 0 Å². The molecule has 0 aliphatic carbocycles. The van der Waals surface area contributed by atoms with E-state index in [1.807, 2.05) is 18.2 Å². The highest BCUT2D eigenvalue weighted by Crippen LogP contribution is 2.37. The number of benzene rings is 2. The summed E-state index contributed by atoms with van der Waals surface area (Å²) >= 11 is 2.37. The first kappa shape index (κ1) is 16.9. The number of thioether (sulfide) groups is 1. The lowest BCUT2D eigenvalue weighted by atomic mass is 10.2. The number of amides is 2. The lowest BCUT2D eigenvalue weighted by Crippen LogP contribution is -2.32. The minimum Gasteiger partial charge on any atom is -0.324 e. The zero-order valence-corrected chi connectivity index (χ0v) is 14.7. The smallest absolute Gasteiger partial charge is 0.238 e. The van der Waals surface area contributed by atoms with Crippen LogP contribution in [0.15, 0.2) is 41.3 Å². The van der Waals surface area contributed by atoms with Crippen molar-refractivity contribution < 1.29 is 18.4 Å². The van der Waals surface area contributed by atoms with Gasteiger partial charge in [0.15, 0.2) is 16.8 Å². The van der Waals surface area contributed by atoms with Gasteiger partial charge in [-0.3, -0.25) is 9.59 Å². The molecule has 5 nitrogen and oxygen atoms in total. The van der Waals surface area contributed by atoms with Crippen LogP contribution in [0.5, 0.6) is 0 Å². The first-order valence-electron chi connectivity index (χ1n) is 7.61. The van der Waals surface area contributed by atoms with E-state index in [4.69, 9.17) is 0 Å². The molecule has 0 spiro atoms. The minimum atomic E-state index is -0.991. The quantitative estimate of drug-likeness (QED) is 0.708. The van der Waals surface area contributed by atoms with Crippen molar-refractivity contribution in [2.45, 2.75) is 16.6 Å². The van der Waals surface area contributed by atoms with Crippen LogP contribution >= 0.6 is 23.1 Å². The third-order valence-corrected chi connectivity index (χ3v) is 5.96. The van der Waals surface area contributed by atoms with Gasteiger partial charge in [-0.1, -0.05) is 23.5 Å². The van der Waals surface area contributed by atoms with Gasteiger partial charge < -0.3 is 10.6 Å². The summed E-state index contributed by atoms with van der Waals surface area (Å²) in [5.41, 5.74) is 0.997. The first-order valence-corrected chi connectivity index (χ1v) is 9.31. The Morgan fingerprint density at radius 2 is 2.00 bits per heavy atom. The molecule has 1 aliphatic rings. The topological polar surface area (TPSA) is 71.1 Å².